The Kier molecular flexibility index (Phi) is 3.88. The zero-order chi connectivity index (χ0) is 13.9. The van der Waals surface area contributed by atoms with Crippen LogP contribution < -0.4 is 5.32 Å². The molecule has 2 rings (SSSR count). The number of carbonyl (C=O) groups excluding carboxylic acids is 1. The van der Waals surface area contributed by atoms with Gasteiger partial charge in [0.25, 0.3) is 0 Å². The topological polar surface area (TPSA) is 66.4 Å². The second kappa shape index (κ2) is 5.43. The van der Waals surface area contributed by atoms with Gasteiger partial charge in [-0.25, -0.2) is 0 Å². The quantitative estimate of drug-likeness (QED) is 0.856. The van der Waals surface area contributed by atoms with Gasteiger partial charge in [0.1, 0.15) is 0 Å². The van der Waals surface area contributed by atoms with E-state index in [1.807, 2.05) is 31.2 Å². The summed E-state index contributed by atoms with van der Waals surface area (Å²) in [6.07, 6.45) is 3.59. The molecular weight excluding hydrogens is 242 g/mol. The Morgan fingerprint density at radius 3 is 2.68 bits per heavy atom. The number of amides is 1. The SMILES string of the molecule is CC1(C(=O)Nc2cccc(CCC(=O)O)c2)CCC1. The first-order valence-corrected chi connectivity index (χ1v) is 6.62. The molecule has 1 saturated carbocycles. The summed E-state index contributed by atoms with van der Waals surface area (Å²) >= 11 is 0. The van der Waals surface area contributed by atoms with Crippen molar-refractivity contribution in [1.29, 1.82) is 0 Å². The molecule has 1 fully saturated rings. The number of hydrogen-bond donors (Lipinski definition) is 2. The van der Waals surface area contributed by atoms with Crippen molar-refractivity contribution in [3.8, 4) is 0 Å². The minimum absolute atomic E-state index is 0.0640. The summed E-state index contributed by atoms with van der Waals surface area (Å²) < 4.78 is 0. The van der Waals surface area contributed by atoms with E-state index in [2.05, 4.69) is 5.32 Å². The van der Waals surface area contributed by atoms with Crippen molar-refractivity contribution in [2.24, 2.45) is 5.41 Å². The van der Waals surface area contributed by atoms with Gasteiger partial charge in [-0.05, 0) is 37.0 Å². The van der Waals surface area contributed by atoms with E-state index in [4.69, 9.17) is 5.11 Å². The summed E-state index contributed by atoms with van der Waals surface area (Å²) in [5, 5.41) is 11.6. The minimum atomic E-state index is -0.809. The van der Waals surface area contributed by atoms with Gasteiger partial charge in [0.05, 0.1) is 0 Å². The molecule has 0 atom stereocenters. The van der Waals surface area contributed by atoms with Crippen LogP contribution in [0.3, 0.4) is 0 Å². The summed E-state index contributed by atoms with van der Waals surface area (Å²) in [5.41, 5.74) is 1.46. The van der Waals surface area contributed by atoms with Crippen LogP contribution in [0.4, 0.5) is 5.69 Å². The summed E-state index contributed by atoms with van der Waals surface area (Å²) in [5.74, 6) is -0.745. The molecule has 0 spiro atoms. The molecule has 2 N–H and O–H groups in total. The second-order valence-corrected chi connectivity index (χ2v) is 5.46. The molecule has 0 radical (unpaired) electrons. The Hall–Kier alpha value is -1.84. The molecule has 4 heteroatoms. The largest absolute Gasteiger partial charge is 0.481 e. The van der Waals surface area contributed by atoms with Crippen molar-refractivity contribution >= 4 is 17.6 Å². The first-order valence-electron chi connectivity index (χ1n) is 6.62. The molecule has 19 heavy (non-hydrogen) atoms. The lowest BCUT2D eigenvalue weighted by Crippen LogP contribution is -2.39. The van der Waals surface area contributed by atoms with Crippen molar-refractivity contribution in [2.45, 2.75) is 39.0 Å². The Balaban J connectivity index is 1.98. The minimum Gasteiger partial charge on any atom is -0.481 e. The van der Waals surface area contributed by atoms with E-state index in [-0.39, 0.29) is 17.7 Å². The highest BCUT2D eigenvalue weighted by Gasteiger charge is 2.39. The van der Waals surface area contributed by atoms with E-state index in [1.165, 1.54) is 0 Å². The Morgan fingerprint density at radius 2 is 2.11 bits per heavy atom. The average Bonchev–Trinajstić information content (AvgIpc) is 2.34. The van der Waals surface area contributed by atoms with Crippen LogP contribution in [0.5, 0.6) is 0 Å². The third kappa shape index (κ3) is 3.34. The molecular formula is C15H19NO3. The van der Waals surface area contributed by atoms with Crippen LogP contribution in [0.25, 0.3) is 0 Å². The van der Waals surface area contributed by atoms with Gasteiger partial charge in [-0.1, -0.05) is 25.5 Å². The standard InChI is InChI=1S/C15H19NO3/c1-15(8-3-9-15)14(19)16-12-5-2-4-11(10-12)6-7-13(17)18/h2,4-5,10H,3,6-9H2,1H3,(H,16,19)(H,17,18). The highest BCUT2D eigenvalue weighted by atomic mass is 16.4. The van der Waals surface area contributed by atoms with Crippen molar-refractivity contribution in [2.75, 3.05) is 5.32 Å². The van der Waals surface area contributed by atoms with E-state index >= 15 is 0 Å². The Labute approximate surface area is 112 Å². The average molecular weight is 261 g/mol. The fourth-order valence-electron chi connectivity index (χ4n) is 2.27. The van der Waals surface area contributed by atoms with Gasteiger partial charge in [-0.3, -0.25) is 9.59 Å². The van der Waals surface area contributed by atoms with E-state index < -0.39 is 5.97 Å². The molecule has 4 nitrogen and oxygen atoms in total. The number of aryl methyl sites for hydroxylation is 1. The number of carbonyl (C=O) groups is 2. The van der Waals surface area contributed by atoms with Crippen LogP contribution in [0.2, 0.25) is 0 Å². The fraction of sp³-hybridized carbons (Fsp3) is 0.467. The molecule has 102 valence electrons. The zero-order valence-corrected chi connectivity index (χ0v) is 11.1. The van der Waals surface area contributed by atoms with Crippen LogP contribution in [0.15, 0.2) is 24.3 Å². The predicted octanol–water partition coefficient (Wildman–Crippen LogP) is 2.83. The summed E-state index contributed by atoms with van der Waals surface area (Å²) in [6, 6.07) is 7.41. The van der Waals surface area contributed by atoms with E-state index in [0.29, 0.717) is 6.42 Å². The van der Waals surface area contributed by atoms with E-state index in [0.717, 1.165) is 30.5 Å². The smallest absolute Gasteiger partial charge is 0.303 e. The molecule has 0 aliphatic heterocycles. The lowest BCUT2D eigenvalue weighted by atomic mass is 9.70. The van der Waals surface area contributed by atoms with Crippen molar-refractivity contribution in [1.82, 2.24) is 0 Å². The first kappa shape index (κ1) is 13.6. The molecule has 0 bridgehead atoms. The Bertz CT molecular complexity index is 492. The number of carboxylic acids is 1. The highest BCUT2D eigenvalue weighted by Crippen LogP contribution is 2.41. The lowest BCUT2D eigenvalue weighted by Gasteiger charge is -2.36. The van der Waals surface area contributed by atoms with Crippen molar-refractivity contribution in [3.05, 3.63) is 29.8 Å². The first-order chi connectivity index (χ1) is 8.99. The Morgan fingerprint density at radius 1 is 1.37 bits per heavy atom. The number of carboxylic acid groups (broad SMARTS) is 1. The highest BCUT2D eigenvalue weighted by molar-refractivity contribution is 5.95. The van der Waals surface area contributed by atoms with E-state index in [1.54, 1.807) is 0 Å². The fourth-order valence-corrected chi connectivity index (χ4v) is 2.27. The van der Waals surface area contributed by atoms with Crippen molar-refractivity contribution in [3.63, 3.8) is 0 Å². The van der Waals surface area contributed by atoms with Gasteiger partial charge in [0.2, 0.25) is 5.91 Å². The van der Waals surface area contributed by atoms with Gasteiger partial charge < -0.3 is 10.4 Å². The maximum Gasteiger partial charge on any atom is 0.303 e. The molecule has 0 heterocycles. The number of benzene rings is 1. The third-order valence-corrected chi connectivity index (χ3v) is 3.82. The molecule has 0 aromatic heterocycles. The predicted molar refractivity (Wildman–Crippen MR) is 73.0 cm³/mol. The molecule has 0 saturated heterocycles. The third-order valence-electron chi connectivity index (χ3n) is 3.82. The molecule has 1 aliphatic rings. The number of rotatable bonds is 5. The van der Waals surface area contributed by atoms with Crippen LogP contribution in [-0.2, 0) is 16.0 Å². The molecule has 1 aromatic rings. The van der Waals surface area contributed by atoms with Gasteiger partial charge in [-0.2, -0.15) is 0 Å². The zero-order valence-electron chi connectivity index (χ0n) is 11.1. The second-order valence-electron chi connectivity index (χ2n) is 5.46. The molecule has 1 aromatic carbocycles. The summed E-state index contributed by atoms with van der Waals surface area (Å²) in [4.78, 5) is 22.6. The normalized spacial score (nSPS) is 16.5. The van der Waals surface area contributed by atoms with Crippen molar-refractivity contribution < 1.29 is 14.7 Å². The van der Waals surface area contributed by atoms with Crippen LogP contribution in [0.1, 0.15) is 38.2 Å². The molecule has 1 amide bonds. The monoisotopic (exact) mass is 261 g/mol. The van der Waals surface area contributed by atoms with E-state index in [9.17, 15) is 9.59 Å². The summed E-state index contributed by atoms with van der Waals surface area (Å²) in [7, 11) is 0. The van der Waals surface area contributed by atoms with Gasteiger partial charge in [0, 0.05) is 17.5 Å². The van der Waals surface area contributed by atoms with Gasteiger partial charge in [0.15, 0.2) is 0 Å². The maximum absolute atomic E-state index is 12.1. The van der Waals surface area contributed by atoms with Crippen LogP contribution in [-0.4, -0.2) is 17.0 Å². The number of hydrogen-bond acceptors (Lipinski definition) is 2. The number of anilines is 1. The molecule has 1 aliphatic carbocycles. The van der Waals surface area contributed by atoms with Gasteiger partial charge >= 0.3 is 5.97 Å². The molecule has 0 unspecified atom stereocenters. The van der Waals surface area contributed by atoms with Crippen LogP contribution >= 0.6 is 0 Å². The number of nitrogens with one attached hydrogen (secondary N) is 1. The van der Waals surface area contributed by atoms with Crippen LogP contribution in [0, 0.1) is 5.41 Å². The van der Waals surface area contributed by atoms with Gasteiger partial charge in [-0.15, -0.1) is 0 Å². The summed E-state index contributed by atoms with van der Waals surface area (Å²) in [6.45, 7) is 1.99. The maximum atomic E-state index is 12.1. The number of aliphatic carboxylic acids is 1. The lowest BCUT2D eigenvalue weighted by molar-refractivity contribution is -0.137.